The zero-order valence-corrected chi connectivity index (χ0v) is 10.3. The molecule has 0 heterocycles. The Bertz CT molecular complexity index is 390. The molecular weight excluding hydrogens is 261 g/mol. The molecule has 106 valence electrons. The van der Waals surface area contributed by atoms with Crippen molar-refractivity contribution in [2.45, 2.75) is 18.4 Å². The molecule has 0 saturated carbocycles. The minimum absolute atomic E-state index is 0.0101. The molecule has 0 radical (unpaired) electrons. The molecule has 0 aliphatic carbocycles. The molecule has 1 rings (SSSR count). The molecular formula is C13H15F3O3. The lowest BCUT2D eigenvalue weighted by Crippen LogP contribution is -2.21. The number of alkyl halides is 3. The minimum Gasteiger partial charge on any atom is -0.386 e. The van der Waals surface area contributed by atoms with Gasteiger partial charge in [-0.2, -0.15) is 13.2 Å². The van der Waals surface area contributed by atoms with Gasteiger partial charge in [-0.3, -0.25) is 0 Å². The SMILES string of the molecule is COCO[C@H](c1ccccc1)[C@@H](O)/C=C\C(F)(F)F. The van der Waals surface area contributed by atoms with E-state index in [9.17, 15) is 18.3 Å². The Morgan fingerprint density at radius 3 is 2.42 bits per heavy atom. The second-order valence-electron chi connectivity index (χ2n) is 3.80. The van der Waals surface area contributed by atoms with Crippen LogP contribution in [0.25, 0.3) is 0 Å². The van der Waals surface area contributed by atoms with Crippen LogP contribution in [-0.4, -0.2) is 31.3 Å². The van der Waals surface area contributed by atoms with Gasteiger partial charge in [0, 0.05) is 13.2 Å². The number of aliphatic hydroxyl groups excluding tert-OH is 1. The number of hydrogen-bond acceptors (Lipinski definition) is 3. The summed E-state index contributed by atoms with van der Waals surface area (Å²) in [5.41, 5.74) is 0.568. The standard InChI is InChI=1S/C13H15F3O3/c1-18-9-19-12(10-5-3-2-4-6-10)11(17)7-8-13(14,15)16/h2-8,11-12,17H,9H2,1H3/b8-7-/t11-,12+/m0/s1. The highest BCUT2D eigenvalue weighted by atomic mass is 19.4. The van der Waals surface area contributed by atoms with Crippen molar-refractivity contribution in [3.8, 4) is 0 Å². The van der Waals surface area contributed by atoms with Crippen LogP contribution in [-0.2, 0) is 9.47 Å². The molecule has 0 fully saturated rings. The lowest BCUT2D eigenvalue weighted by atomic mass is 10.0. The lowest BCUT2D eigenvalue weighted by Gasteiger charge is -2.21. The maximum absolute atomic E-state index is 12.1. The molecule has 19 heavy (non-hydrogen) atoms. The summed E-state index contributed by atoms with van der Waals surface area (Å²) in [6.07, 6.45) is -6.15. The third-order valence-electron chi connectivity index (χ3n) is 2.29. The van der Waals surface area contributed by atoms with Crippen molar-refractivity contribution in [1.29, 1.82) is 0 Å². The summed E-state index contributed by atoms with van der Waals surface area (Å²) >= 11 is 0. The van der Waals surface area contributed by atoms with Crippen molar-refractivity contribution in [2.75, 3.05) is 13.9 Å². The maximum atomic E-state index is 12.1. The number of rotatable bonds is 6. The Hall–Kier alpha value is -1.37. The normalized spacial score (nSPS) is 15.6. The van der Waals surface area contributed by atoms with Gasteiger partial charge >= 0.3 is 6.18 Å². The second-order valence-corrected chi connectivity index (χ2v) is 3.80. The van der Waals surface area contributed by atoms with E-state index in [2.05, 4.69) is 0 Å². The van der Waals surface area contributed by atoms with Gasteiger partial charge in [0.2, 0.25) is 0 Å². The van der Waals surface area contributed by atoms with Crippen LogP contribution >= 0.6 is 0 Å². The summed E-state index contributed by atoms with van der Waals surface area (Å²) in [5, 5.41) is 9.78. The van der Waals surface area contributed by atoms with E-state index in [0.29, 0.717) is 11.6 Å². The zero-order chi connectivity index (χ0) is 14.3. The van der Waals surface area contributed by atoms with E-state index < -0.39 is 18.4 Å². The maximum Gasteiger partial charge on any atom is 0.409 e. The summed E-state index contributed by atoms with van der Waals surface area (Å²) in [5.74, 6) is 0. The van der Waals surface area contributed by atoms with Crippen LogP contribution in [0.2, 0.25) is 0 Å². The van der Waals surface area contributed by atoms with Crippen LogP contribution < -0.4 is 0 Å². The molecule has 0 amide bonds. The molecule has 0 aliphatic heterocycles. The van der Waals surface area contributed by atoms with Gasteiger partial charge in [-0.05, 0) is 11.6 Å². The summed E-state index contributed by atoms with van der Waals surface area (Å²) in [4.78, 5) is 0. The first-order valence-corrected chi connectivity index (χ1v) is 5.53. The first-order chi connectivity index (χ1) is 8.94. The summed E-state index contributed by atoms with van der Waals surface area (Å²) in [6, 6.07) is 8.49. The van der Waals surface area contributed by atoms with Crippen molar-refractivity contribution in [2.24, 2.45) is 0 Å². The molecule has 0 aliphatic rings. The average molecular weight is 276 g/mol. The van der Waals surface area contributed by atoms with Crippen LogP contribution in [0, 0.1) is 0 Å². The molecule has 0 saturated heterocycles. The Morgan fingerprint density at radius 2 is 1.89 bits per heavy atom. The van der Waals surface area contributed by atoms with Gasteiger partial charge in [0.1, 0.15) is 19.0 Å². The highest BCUT2D eigenvalue weighted by Gasteiger charge is 2.25. The predicted octanol–water partition coefficient (Wildman–Crippen LogP) is 2.83. The number of ether oxygens (including phenoxy) is 2. The number of hydrogen-bond donors (Lipinski definition) is 1. The quantitative estimate of drug-likeness (QED) is 0.641. The lowest BCUT2D eigenvalue weighted by molar-refractivity contribution is -0.106. The first kappa shape index (κ1) is 15.7. The third kappa shape index (κ3) is 5.87. The molecule has 3 nitrogen and oxygen atoms in total. The predicted molar refractivity (Wildman–Crippen MR) is 63.3 cm³/mol. The van der Waals surface area contributed by atoms with E-state index in [1.54, 1.807) is 30.3 Å². The minimum atomic E-state index is -4.47. The summed E-state index contributed by atoms with van der Waals surface area (Å²) < 4.78 is 46.1. The summed E-state index contributed by atoms with van der Waals surface area (Å²) in [6.45, 7) is -0.128. The number of methoxy groups -OCH3 is 1. The molecule has 1 aromatic rings. The number of halogens is 3. The van der Waals surface area contributed by atoms with E-state index in [1.807, 2.05) is 0 Å². The molecule has 6 heteroatoms. The smallest absolute Gasteiger partial charge is 0.386 e. The van der Waals surface area contributed by atoms with E-state index in [0.717, 1.165) is 0 Å². The zero-order valence-electron chi connectivity index (χ0n) is 10.3. The van der Waals surface area contributed by atoms with E-state index in [1.165, 1.54) is 7.11 Å². The van der Waals surface area contributed by atoms with Gasteiger partial charge in [0.25, 0.3) is 0 Å². The van der Waals surface area contributed by atoms with E-state index in [-0.39, 0.29) is 12.9 Å². The van der Waals surface area contributed by atoms with Gasteiger partial charge in [-0.1, -0.05) is 30.3 Å². The highest BCUT2D eigenvalue weighted by molar-refractivity contribution is 5.20. The molecule has 0 unspecified atom stereocenters. The van der Waals surface area contributed by atoms with Crippen LogP contribution in [0.1, 0.15) is 11.7 Å². The van der Waals surface area contributed by atoms with Crippen molar-refractivity contribution in [1.82, 2.24) is 0 Å². The number of aliphatic hydroxyl groups is 1. The number of benzene rings is 1. The Kier molecular flexibility index (Phi) is 6.01. The summed E-state index contributed by atoms with van der Waals surface area (Å²) in [7, 11) is 1.39. The van der Waals surface area contributed by atoms with Crippen molar-refractivity contribution in [3.63, 3.8) is 0 Å². The van der Waals surface area contributed by atoms with Gasteiger partial charge in [-0.25, -0.2) is 0 Å². The third-order valence-corrected chi connectivity index (χ3v) is 2.29. The molecule has 2 atom stereocenters. The van der Waals surface area contributed by atoms with Crippen LogP contribution in [0.3, 0.4) is 0 Å². The molecule has 0 spiro atoms. The molecule has 1 N–H and O–H groups in total. The Labute approximate surface area is 109 Å². The van der Waals surface area contributed by atoms with Crippen LogP contribution in [0.5, 0.6) is 0 Å². The number of allylic oxidation sites excluding steroid dienone is 1. The van der Waals surface area contributed by atoms with Gasteiger partial charge in [0.05, 0.1) is 0 Å². The average Bonchev–Trinajstić information content (AvgIpc) is 2.37. The Morgan fingerprint density at radius 1 is 1.26 bits per heavy atom. The molecule has 0 bridgehead atoms. The first-order valence-electron chi connectivity index (χ1n) is 5.53. The van der Waals surface area contributed by atoms with E-state index in [4.69, 9.17) is 9.47 Å². The van der Waals surface area contributed by atoms with Crippen molar-refractivity contribution >= 4 is 0 Å². The van der Waals surface area contributed by atoms with Gasteiger partial charge in [-0.15, -0.1) is 0 Å². The molecule has 0 aromatic heterocycles. The van der Waals surface area contributed by atoms with Gasteiger partial charge in [0.15, 0.2) is 0 Å². The van der Waals surface area contributed by atoms with E-state index >= 15 is 0 Å². The van der Waals surface area contributed by atoms with Crippen LogP contribution in [0.15, 0.2) is 42.5 Å². The van der Waals surface area contributed by atoms with Crippen molar-refractivity contribution < 1.29 is 27.8 Å². The topological polar surface area (TPSA) is 38.7 Å². The largest absolute Gasteiger partial charge is 0.409 e. The highest BCUT2D eigenvalue weighted by Crippen LogP contribution is 2.24. The second kappa shape index (κ2) is 7.28. The molecule has 1 aromatic carbocycles. The fourth-order valence-corrected chi connectivity index (χ4v) is 1.48. The fourth-order valence-electron chi connectivity index (χ4n) is 1.48. The van der Waals surface area contributed by atoms with Crippen molar-refractivity contribution in [3.05, 3.63) is 48.0 Å². The Balaban J connectivity index is 2.82. The van der Waals surface area contributed by atoms with Crippen LogP contribution in [0.4, 0.5) is 13.2 Å². The fraction of sp³-hybridized carbons (Fsp3) is 0.385. The van der Waals surface area contributed by atoms with Gasteiger partial charge < -0.3 is 14.6 Å². The monoisotopic (exact) mass is 276 g/mol.